The average Bonchev–Trinajstić information content (AvgIpc) is 3.63. The number of aromatic nitrogens is 2. The second-order valence-electron chi connectivity index (χ2n) is 14.5. The molecule has 2 aromatic heterocycles. The van der Waals surface area contributed by atoms with Crippen molar-refractivity contribution in [2.24, 2.45) is 0 Å². The van der Waals surface area contributed by atoms with E-state index < -0.39 is 27.5 Å². The molecule has 0 spiro atoms. The largest absolute Gasteiger partial charge is 0.494 e. The van der Waals surface area contributed by atoms with Crippen LogP contribution in [-0.4, -0.2) is 71.8 Å². The molecule has 1 unspecified atom stereocenters. The lowest BCUT2D eigenvalue weighted by molar-refractivity contribution is -0.132. The third kappa shape index (κ3) is 10.2. The molecular formula is C38H57N9O7S2. The molecule has 16 nitrogen and oxygen atoms in total. The van der Waals surface area contributed by atoms with Crippen molar-refractivity contribution >= 4 is 68.3 Å². The highest BCUT2D eigenvalue weighted by molar-refractivity contribution is 7.89. The van der Waals surface area contributed by atoms with E-state index in [0.717, 1.165) is 21.7 Å². The summed E-state index contributed by atoms with van der Waals surface area (Å²) in [7, 11) is -3.71. The Morgan fingerprint density at radius 2 is 1.86 bits per heavy atom. The highest BCUT2D eigenvalue weighted by atomic mass is 32.2. The van der Waals surface area contributed by atoms with Crippen LogP contribution in [0.5, 0.6) is 5.75 Å². The molecule has 0 bridgehead atoms. The Kier molecular flexibility index (Phi) is 12.2. The van der Waals surface area contributed by atoms with Crippen LogP contribution in [0.3, 0.4) is 0 Å². The van der Waals surface area contributed by atoms with Crippen molar-refractivity contribution in [3.63, 3.8) is 0 Å². The summed E-state index contributed by atoms with van der Waals surface area (Å²) in [6, 6.07) is 12.7. The predicted molar refractivity (Wildman–Crippen MR) is 224 cm³/mol. The van der Waals surface area contributed by atoms with E-state index in [1.54, 1.807) is 62.7 Å². The summed E-state index contributed by atoms with van der Waals surface area (Å²) in [4.78, 5) is 61.3. The van der Waals surface area contributed by atoms with E-state index in [9.17, 15) is 27.6 Å². The Morgan fingerprint density at radius 1 is 1.07 bits per heavy atom. The first-order valence-electron chi connectivity index (χ1n) is 18.2. The molecule has 56 heavy (non-hydrogen) atoms. The van der Waals surface area contributed by atoms with Crippen molar-refractivity contribution in [1.29, 1.82) is 0 Å². The van der Waals surface area contributed by atoms with E-state index in [2.05, 4.69) is 41.3 Å². The van der Waals surface area contributed by atoms with Crippen molar-refractivity contribution in [2.45, 2.75) is 82.9 Å². The highest BCUT2D eigenvalue weighted by Crippen LogP contribution is 2.34. The van der Waals surface area contributed by atoms with Crippen LogP contribution in [0.1, 0.15) is 81.4 Å². The Balaban J connectivity index is 0.00000620. The number of urea groups is 1. The molecule has 5 amide bonds. The minimum Gasteiger partial charge on any atom is -0.494 e. The zero-order chi connectivity index (χ0) is 40.0. The number of rotatable bonds is 14. The third-order valence-electron chi connectivity index (χ3n) is 8.84. The number of imide groups is 1. The van der Waals surface area contributed by atoms with Gasteiger partial charge in [0.2, 0.25) is 27.8 Å². The number of fused-ring (bicyclic) bond motifs is 1. The number of carbonyl (C=O) groups excluding carboxylic acids is 4. The van der Waals surface area contributed by atoms with Crippen molar-refractivity contribution in [2.75, 3.05) is 23.8 Å². The third-order valence-corrected chi connectivity index (χ3v) is 11.6. The minimum atomic E-state index is -3.71. The van der Waals surface area contributed by atoms with Gasteiger partial charge in [0.15, 0.2) is 0 Å². The van der Waals surface area contributed by atoms with Gasteiger partial charge in [-0.15, -0.1) is 11.3 Å². The normalized spacial score (nSPS) is 15.8. The van der Waals surface area contributed by atoms with E-state index in [1.165, 1.54) is 22.3 Å². The van der Waals surface area contributed by atoms with Crippen LogP contribution in [0.25, 0.3) is 0 Å². The number of carbonyl (C=O) groups is 4. The number of benzene rings is 2. The van der Waals surface area contributed by atoms with E-state index in [4.69, 9.17) is 4.74 Å². The number of nitrogens with one attached hydrogen (secondary N) is 6. The second kappa shape index (κ2) is 17.1. The molecule has 0 radical (unpaired) electrons. The lowest BCUT2D eigenvalue weighted by Crippen LogP contribution is -2.47. The van der Waals surface area contributed by atoms with Crippen molar-refractivity contribution < 1.29 is 40.9 Å². The molecule has 308 valence electrons. The summed E-state index contributed by atoms with van der Waals surface area (Å²) in [6.45, 7) is 8.45. The molecule has 6 N–H and O–H groups in total. The topological polar surface area (TPSA) is 213 Å². The second-order valence-corrected chi connectivity index (χ2v) is 17.1. The Bertz CT molecular complexity index is 2250. The average molecular weight is 816 g/mol. The smallest absolute Gasteiger partial charge is 0.315 e. The molecule has 2 aromatic carbocycles. The van der Waals surface area contributed by atoms with Crippen molar-refractivity contribution in [3.8, 4) is 5.75 Å². The van der Waals surface area contributed by atoms with Gasteiger partial charge in [-0.1, -0.05) is 6.07 Å². The van der Waals surface area contributed by atoms with Gasteiger partial charge in [0.25, 0.3) is 5.91 Å². The van der Waals surface area contributed by atoms with Gasteiger partial charge in [-0.3, -0.25) is 19.7 Å². The fourth-order valence-corrected chi connectivity index (χ4v) is 8.60. The van der Waals surface area contributed by atoms with Gasteiger partial charge >= 0.3 is 6.03 Å². The van der Waals surface area contributed by atoms with Crippen LogP contribution in [-0.2, 0) is 32.7 Å². The first-order valence-corrected chi connectivity index (χ1v) is 20.5. The molecule has 4 heterocycles. The molecule has 0 saturated carbocycles. The Labute approximate surface area is 338 Å². The van der Waals surface area contributed by atoms with Crippen molar-refractivity contribution in [1.82, 2.24) is 35.5 Å². The summed E-state index contributed by atoms with van der Waals surface area (Å²) >= 11 is 1.39. The quantitative estimate of drug-likeness (QED) is 0.0614. The molecule has 6 rings (SSSR count). The summed E-state index contributed by atoms with van der Waals surface area (Å²) in [5.74, 6) is 0.499. The van der Waals surface area contributed by atoms with Crippen LogP contribution < -0.4 is 36.0 Å². The molecule has 1 atom stereocenters. The number of hydrogen-bond acceptors (Lipinski definition) is 12. The first-order chi connectivity index (χ1) is 26.6. The van der Waals surface area contributed by atoms with Gasteiger partial charge in [0, 0.05) is 67.0 Å². The van der Waals surface area contributed by atoms with Crippen LogP contribution in [0.15, 0.2) is 65.0 Å². The maximum absolute atomic E-state index is 13.0. The number of ether oxygens (including phenoxy) is 1. The van der Waals surface area contributed by atoms with Gasteiger partial charge in [-0.25, -0.2) is 22.9 Å². The van der Waals surface area contributed by atoms with Crippen LogP contribution in [0, 0.1) is 6.92 Å². The van der Waals surface area contributed by atoms with Crippen LogP contribution >= 0.6 is 11.3 Å². The number of sulfonamides is 1. The number of hydrogen-bond donors (Lipinski definition) is 6. The Morgan fingerprint density at radius 3 is 2.62 bits per heavy atom. The summed E-state index contributed by atoms with van der Waals surface area (Å²) < 4.78 is 34.2. The molecule has 1 fully saturated rings. The molecule has 18 heteroatoms. The minimum absolute atomic E-state index is 0. The lowest BCUT2D eigenvalue weighted by atomic mass is 10.1. The van der Waals surface area contributed by atoms with Crippen LogP contribution in [0.4, 0.5) is 27.9 Å². The molecular weight excluding hydrogens is 759 g/mol. The van der Waals surface area contributed by atoms with Gasteiger partial charge in [-0.2, -0.15) is 4.98 Å². The molecule has 1 saturated heterocycles. The molecule has 4 aromatic rings. The van der Waals surface area contributed by atoms with Gasteiger partial charge in [-0.05, 0) is 95.0 Å². The number of aryl methyl sites for hydroxylation is 1. The number of anilines is 4. The molecule has 2 aliphatic rings. The standard InChI is InChI=1S/C38H45N9O7S2.6H2/c1-23-19-40-36(45-33(23)42-25-8-5-9-27(18-25)56(52,53)46-38(2,3)4)43-24-12-14-26(15-13-24)54-17-7-16-39-37(51)41-20-31-28-21-47(35(50)29(28)22-55-31)30-10-6-11-32(48)44-34(30)49;;;;;;/h5,8-9,12-15,18-19,22,30,46H,6-7,10-11,16-17,20-21H2,1-4H3,(H2,39,41,51)(H,44,48,49)(H2,40,42,43,45);6*1H. The SMILES string of the molecule is Cc1cnc(Nc2ccc(OCCCNC(=O)NCc3scc4c3CN(C3CCCC(=O)NC3=O)C4=O)cc2)nc1Nc1cccc(S(=O)(=O)NC(C)(C)C)c1.[HH].[HH].[HH].[HH].[HH].[HH]. The maximum atomic E-state index is 13.0. The first kappa shape index (κ1) is 40.1. The maximum Gasteiger partial charge on any atom is 0.315 e. The summed E-state index contributed by atoms with van der Waals surface area (Å²) in [5.41, 5.74) is 2.77. The summed E-state index contributed by atoms with van der Waals surface area (Å²) in [5, 5.41) is 16.1. The number of nitrogens with zero attached hydrogens (tertiary/aromatic N) is 3. The lowest BCUT2D eigenvalue weighted by Gasteiger charge is -2.25. The van der Waals surface area contributed by atoms with E-state index in [0.29, 0.717) is 61.2 Å². The van der Waals surface area contributed by atoms with Crippen molar-refractivity contribution in [3.05, 3.63) is 81.7 Å². The number of thiophene rings is 1. The van der Waals surface area contributed by atoms with E-state index in [-0.39, 0.29) is 50.8 Å². The monoisotopic (exact) mass is 815 g/mol. The molecule has 2 aliphatic heterocycles. The number of amides is 5. The van der Waals surface area contributed by atoms with Gasteiger partial charge < -0.3 is 30.9 Å². The van der Waals surface area contributed by atoms with E-state index in [1.807, 2.05) is 19.1 Å². The van der Waals surface area contributed by atoms with Gasteiger partial charge in [0.05, 0.1) is 23.6 Å². The summed E-state index contributed by atoms with van der Waals surface area (Å²) in [6.07, 6.45) is 3.44. The predicted octanol–water partition coefficient (Wildman–Crippen LogP) is 6.31. The fraction of sp³-hybridized carbons (Fsp3) is 0.368. The zero-order valence-electron chi connectivity index (χ0n) is 31.5. The van der Waals surface area contributed by atoms with Crippen LogP contribution in [0.2, 0.25) is 0 Å². The highest BCUT2D eigenvalue weighted by Gasteiger charge is 2.39. The van der Waals surface area contributed by atoms with Gasteiger partial charge in [0.1, 0.15) is 17.6 Å². The zero-order valence-corrected chi connectivity index (χ0v) is 33.2. The fourth-order valence-electron chi connectivity index (χ4n) is 6.16. The Hall–Kier alpha value is -5.59. The van der Waals surface area contributed by atoms with E-state index >= 15 is 0 Å². The molecule has 0 aliphatic carbocycles.